The van der Waals surface area contributed by atoms with E-state index in [0.717, 1.165) is 30.7 Å². The number of hydrogen-bond donors (Lipinski definition) is 0. The highest BCUT2D eigenvalue weighted by Gasteiger charge is 2.21. The highest BCUT2D eigenvalue weighted by Crippen LogP contribution is 2.29. The zero-order valence-electron chi connectivity index (χ0n) is 6.40. The lowest BCUT2D eigenvalue weighted by Crippen LogP contribution is -1.93. The van der Waals surface area contributed by atoms with Gasteiger partial charge in [-0.3, -0.25) is 4.79 Å². The van der Waals surface area contributed by atoms with Gasteiger partial charge in [0.05, 0.1) is 0 Å². The predicted molar refractivity (Wildman–Crippen MR) is 43.2 cm³/mol. The number of ether oxygens (including phenoxy) is 1. The second kappa shape index (κ2) is 3.28. The van der Waals surface area contributed by atoms with Crippen LogP contribution in [0.3, 0.4) is 0 Å². The van der Waals surface area contributed by atoms with Gasteiger partial charge in [-0.15, -0.1) is 10.2 Å². The average Bonchev–Trinajstić information content (AvgIpc) is 2.75. The van der Waals surface area contributed by atoms with Crippen LogP contribution in [0.15, 0.2) is 0 Å². The van der Waals surface area contributed by atoms with Gasteiger partial charge < -0.3 is 4.74 Å². The van der Waals surface area contributed by atoms with E-state index in [1.807, 2.05) is 0 Å². The fraction of sp³-hybridized carbons (Fsp3) is 0.571. The van der Waals surface area contributed by atoms with E-state index in [-0.39, 0.29) is 6.10 Å². The normalized spacial score (nSPS) is 22.8. The van der Waals surface area contributed by atoms with Crippen LogP contribution in [0, 0.1) is 0 Å². The molecule has 0 amide bonds. The molecule has 1 saturated heterocycles. The van der Waals surface area contributed by atoms with E-state index in [1.54, 1.807) is 0 Å². The van der Waals surface area contributed by atoms with Crippen molar-refractivity contribution in [3.63, 3.8) is 0 Å². The molecular weight excluding hydrogens is 176 g/mol. The van der Waals surface area contributed by atoms with Crippen LogP contribution in [-0.2, 0) is 4.74 Å². The van der Waals surface area contributed by atoms with Crippen molar-refractivity contribution in [2.45, 2.75) is 18.9 Å². The van der Waals surface area contributed by atoms with Crippen LogP contribution in [0.25, 0.3) is 0 Å². The summed E-state index contributed by atoms with van der Waals surface area (Å²) in [6.45, 7) is 0.792. The van der Waals surface area contributed by atoms with E-state index >= 15 is 0 Å². The third-order valence-electron chi connectivity index (χ3n) is 1.76. The summed E-state index contributed by atoms with van der Waals surface area (Å²) in [7, 11) is 0. The van der Waals surface area contributed by atoms with Crippen LogP contribution in [0.1, 0.15) is 33.8 Å². The Labute approximate surface area is 73.6 Å². The minimum Gasteiger partial charge on any atom is -0.371 e. The zero-order valence-corrected chi connectivity index (χ0v) is 7.21. The van der Waals surface area contributed by atoms with E-state index in [4.69, 9.17) is 4.74 Å². The topological polar surface area (TPSA) is 52.1 Å². The van der Waals surface area contributed by atoms with Crippen LogP contribution in [0.4, 0.5) is 0 Å². The number of aldehydes is 1. The van der Waals surface area contributed by atoms with E-state index in [9.17, 15) is 4.79 Å². The van der Waals surface area contributed by atoms with Crippen LogP contribution in [0.5, 0.6) is 0 Å². The van der Waals surface area contributed by atoms with Crippen molar-refractivity contribution in [1.29, 1.82) is 0 Å². The number of nitrogens with zero attached hydrogens (tertiary/aromatic N) is 2. The van der Waals surface area contributed by atoms with Crippen LogP contribution < -0.4 is 0 Å². The lowest BCUT2D eigenvalue weighted by atomic mass is 10.2. The van der Waals surface area contributed by atoms with Crippen LogP contribution >= 0.6 is 11.3 Å². The van der Waals surface area contributed by atoms with Gasteiger partial charge >= 0.3 is 0 Å². The van der Waals surface area contributed by atoms with E-state index < -0.39 is 0 Å². The summed E-state index contributed by atoms with van der Waals surface area (Å²) in [6.07, 6.45) is 2.86. The summed E-state index contributed by atoms with van der Waals surface area (Å²) in [6, 6.07) is 0. The van der Waals surface area contributed by atoms with Crippen molar-refractivity contribution in [1.82, 2.24) is 10.2 Å². The summed E-state index contributed by atoms with van der Waals surface area (Å²) < 4.78 is 5.39. The second-order valence-corrected chi connectivity index (χ2v) is 3.64. The Bertz CT molecular complexity index is 281. The fourth-order valence-electron chi connectivity index (χ4n) is 1.20. The first-order chi connectivity index (χ1) is 5.90. The molecule has 2 rings (SSSR count). The molecule has 0 spiro atoms. The number of hydrogen-bond acceptors (Lipinski definition) is 5. The minimum absolute atomic E-state index is 0.0798. The van der Waals surface area contributed by atoms with Gasteiger partial charge in [0.25, 0.3) is 0 Å². The van der Waals surface area contributed by atoms with E-state index in [1.165, 1.54) is 11.3 Å². The van der Waals surface area contributed by atoms with E-state index in [0.29, 0.717) is 5.01 Å². The van der Waals surface area contributed by atoms with Gasteiger partial charge in [0.2, 0.25) is 0 Å². The molecule has 0 N–H and O–H groups in total. The fourth-order valence-corrected chi connectivity index (χ4v) is 1.94. The average molecular weight is 184 g/mol. The third kappa shape index (κ3) is 1.37. The molecule has 0 saturated carbocycles. The zero-order chi connectivity index (χ0) is 8.39. The molecule has 2 heterocycles. The molecule has 5 heteroatoms. The van der Waals surface area contributed by atoms with Crippen molar-refractivity contribution in [3.05, 3.63) is 10.0 Å². The lowest BCUT2D eigenvalue weighted by Gasteiger charge is -2.01. The summed E-state index contributed by atoms with van der Waals surface area (Å²) in [5, 5.41) is 8.84. The maximum absolute atomic E-state index is 10.3. The molecule has 1 aromatic rings. The Balaban J connectivity index is 2.16. The Hall–Kier alpha value is -0.810. The Morgan fingerprint density at radius 2 is 2.50 bits per heavy atom. The molecule has 64 valence electrons. The minimum atomic E-state index is 0.0798. The molecule has 0 radical (unpaired) electrons. The summed E-state index contributed by atoms with van der Waals surface area (Å²) in [5.74, 6) is 0. The van der Waals surface area contributed by atoms with Gasteiger partial charge in [-0.1, -0.05) is 11.3 Å². The van der Waals surface area contributed by atoms with Gasteiger partial charge in [-0.2, -0.15) is 0 Å². The predicted octanol–water partition coefficient (Wildman–Crippen LogP) is 1.20. The standard InChI is InChI=1S/C7H8N2O2S/c10-4-6-8-9-7(12-6)5-2-1-3-11-5/h4-5H,1-3H2. The highest BCUT2D eigenvalue weighted by molar-refractivity contribution is 7.12. The second-order valence-electron chi connectivity index (χ2n) is 2.60. The molecule has 1 aliphatic heterocycles. The largest absolute Gasteiger partial charge is 0.371 e. The molecule has 1 atom stereocenters. The molecule has 4 nitrogen and oxygen atoms in total. The van der Waals surface area contributed by atoms with Crippen LogP contribution in [0.2, 0.25) is 0 Å². The molecule has 1 unspecified atom stereocenters. The molecular formula is C7H8N2O2S. The Morgan fingerprint density at radius 1 is 1.58 bits per heavy atom. The first-order valence-corrected chi connectivity index (χ1v) is 4.62. The number of rotatable bonds is 2. The molecule has 0 aliphatic carbocycles. The maximum atomic E-state index is 10.3. The van der Waals surface area contributed by atoms with Crippen molar-refractivity contribution in [2.75, 3.05) is 6.61 Å². The van der Waals surface area contributed by atoms with Crippen molar-refractivity contribution >= 4 is 17.6 Å². The molecule has 0 bridgehead atoms. The molecule has 12 heavy (non-hydrogen) atoms. The number of aromatic nitrogens is 2. The maximum Gasteiger partial charge on any atom is 0.180 e. The highest BCUT2D eigenvalue weighted by atomic mass is 32.1. The smallest absolute Gasteiger partial charge is 0.180 e. The van der Waals surface area contributed by atoms with Gasteiger partial charge in [-0.05, 0) is 12.8 Å². The summed E-state index contributed by atoms with van der Waals surface area (Å²) >= 11 is 1.31. The van der Waals surface area contributed by atoms with E-state index in [2.05, 4.69) is 10.2 Å². The summed E-state index contributed by atoms with van der Waals surface area (Å²) in [5.41, 5.74) is 0. The number of carbonyl (C=O) groups excluding carboxylic acids is 1. The monoisotopic (exact) mass is 184 g/mol. The quantitative estimate of drug-likeness (QED) is 0.648. The number of carbonyl (C=O) groups is 1. The van der Waals surface area contributed by atoms with Crippen LogP contribution in [-0.4, -0.2) is 23.1 Å². The van der Waals surface area contributed by atoms with Crippen molar-refractivity contribution in [2.24, 2.45) is 0 Å². The van der Waals surface area contributed by atoms with Gasteiger partial charge in [0.15, 0.2) is 11.3 Å². The van der Waals surface area contributed by atoms with Gasteiger partial charge in [0.1, 0.15) is 11.1 Å². The molecule has 0 aromatic carbocycles. The Kier molecular flexibility index (Phi) is 2.14. The Morgan fingerprint density at radius 3 is 3.08 bits per heavy atom. The lowest BCUT2D eigenvalue weighted by molar-refractivity contribution is 0.111. The summed E-state index contributed by atoms with van der Waals surface area (Å²) in [4.78, 5) is 10.3. The SMILES string of the molecule is O=Cc1nnc(C2CCCO2)s1. The van der Waals surface area contributed by atoms with Gasteiger partial charge in [-0.25, -0.2) is 0 Å². The van der Waals surface area contributed by atoms with Crippen molar-refractivity contribution in [3.8, 4) is 0 Å². The van der Waals surface area contributed by atoms with Gasteiger partial charge in [0, 0.05) is 6.61 Å². The first kappa shape index (κ1) is 7.82. The molecule has 1 fully saturated rings. The molecule has 1 aliphatic rings. The molecule has 1 aromatic heterocycles. The first-order valence-electron chi connectivity index (χ1n) is 3.80. The third-order valence-corrected chi connectivity index (χ3v) is 2.70. The van der Waals surface area contributed by atoms with Crippen molar-refractivity contribution < 1.29 is 9.53 Å².